The first-order valence-electron chi connectivity index (χ1n) is 5.10. The highest BCUT2D eigenvalue weighted by Crippen LogP contribution is 2.32. The quantitative estimate of drug-likeness (QED) is 0.745. The molecule has 0 aliphatic heterocycles. The van der Waals surface area contributed by atoms with E-state index in [2.05, 4.69) is 5.10 Å². The third-order valence-electron chi connectivity index (χ3n) is 2.68. The van der Waals surface area contributed by atoms with Gasteiger partial charge in [0, 0.05) is 11.3 Å². The number of benzene rings is 1. The van der Waals surface area contributed by atoms with Crippen molar-refractivity contribution >= 4 is 0 Å². The van der Waals surface area contributed by atoms with E-state index in [0.717, 1.165) is 0 Å². The molecule has 90 valence electrons. The van der Waals surface area contributed by atoms with E-state index in [9.17, 15) is 13.2 Å². The van der Waals surface area contributed by atoms with Crippen LogP contribution in [-0.2, 0) is 6.18 Å². The number of aromatic nitrogens is 2. The monoisotopic (exact) mass is 240 g/mol. The number of alkyl halides is 3. The Hall–Kier alpha value is -1.78. The fraction of sp³-hybridized carbons (Fsp3) is 0.250. The molecule has 0 fully saturated rings. The standard InChI is InChI=1S/C12H11F3N2/c1-8-9(2)17(10-6-4-3-5-7-10)16-11(8)12(13,14)15/h3-7H,1-2H3. The van der Waals surface area contributed by atoms with Crippen LogP contribution in [0, 0.1) is 13.8 Å². The summed E-state index contributed by atoms with van der Waals surface area (Å²) in [7, 11) is 0. The average molecular weight is 240 g/mol. The summed E-state index contributed by atoms with van der Waals surface area (Å²) in [5, 5.41) is 3.64. The van der Waals surface area contributed by atoms with Gasteiger partial charge in [-0.1, -0.05) is 18.2 Å². The van der Waals surface area contributed by atoms with Gasteiger partial charge in [0.2, 0.25) is 0 Å². The second-order valence-corrected chi connectivity index (χ2v) is 3.80. The second-order valence-electron chi connectivity index (χ2n) is 3.80. The van der Waals surface area contributed by atoms with Crippen LogP contribution in [0.2, 0.25) is 0 Å². The number of nitrogens with zero attached hydrogens (tertiary/aromatic N) is 2. The maximum atomic E-state index is 12.7. The number of halogens is 3. The molecule has 2 rings (SSSR count). The Kier molecular flexibility index (Phi) is 2.69. The number of rotatable bonds is 1. The second kappa shape index (κ2) is 3.91. The Morgan fingerprint density at radius 1 is 1.06 bits per heavy atom. The SMILES string of the molecule is Cc1c(C(F)(F)F)nn(-c2ccccc2)c1C. The molecule has 5 heteroatoms. The summed E-state index contributed by atoms with van der Waals surface area (Å²) in [4.78, 5) is 0. The summed E-state index contributed by atoms with van der Waals surface area (Å²) in [5.41, 5.74) is 0.479. The van der Waals surface area contributed by atoms with Crippen LogP contribution in [0.1, 0.15) is 17.0 Å². The number of hydrogen-bond donors (Lipinski definition) is 0. The molecule has 0 aliphatic rings. The molecule has 17 heavy (non-hydrogen) atoms. The summed E-state index contributed by atoms with van der Waals surface area (Å²) >= 11 is 0. The highest BCUT2D eigenvalue weighted by Gasteiger charge is 2.37. The van der Waals surface area contributed by atoms with Crippen molar-refractivity contribution in [3.63, 3.8) is 0 Å². The minimum atomic E-state index is -4.41. The maximum Gasteiger partial charge on any atom is 0.435 e. The van der Waals surface area contributed by atoms with Gasteiger partial charge < -0.3 is 0 Å². The smallest absolute Gasteiger partial charge is 0.237 e. The number of para-hydroxylation sites is 1. The lowest BCUT2D eigenvalue weighted by Crippen LogP contribution is -2.08. The molecule has 1 aromatic heterocycles. The molecule has 2 aromatic rings. The van der Waals surface area contributed by atoms with Crippen LogP contribution in [0.5, 0.6) is 0 Å². The highest BCUT2D eigenvalue weighted by molar-refractivity contribution is 5.37. The zero-order valence-corrected chi connectivity index (χ0v) is 9.42. The van der Waals surface area contributed by atoms with E-state index >= 15 is 0 Å². The zero-order valence-electron chi connectivity index (χ0n) is 9.42. The van der Waals surface area contributed by atoms with Crippen molar-refractivity contribution < 1.29 is 13.2 Å². The summed E-state index contributed by atoms with van der Waals surface area (Å²) in [5.74, 6) is 0. The molecule has 1 aromatic carbocycles. The van der Waals surface area contributed by atoms with Crippen LogP contribution in [0.15, 0.2) is 30.3 Å². The van der Waals surface area contributed by atoms with Crippen molar-refractivity contribution in [2.75, 3.05) is 0 Å². The van der Waals surface area contributed by atoms with Gasteiger partial charge in [0.1, 0.15) is 0 Å². The first kappa shape index (κ1) is 11.7. The first-order chi connectivity index (χ1) is 7.91. The van der Waals surface area contributed by atoms with E-state index < -0.39 is 11.9 Å². The molecular formula is C12H11F3N2. The lowest BCUT2D eigenvalue weighted by molar-refractivity contribution is -0.141. The van der Waals surface area contributed by atoms with Crippen LogP contribution in [0.25, 0.3) is 5.69 Å². The normalized spacial score (nSPS) is 11.8. The topological polar surface area (TPSA) is 17.8 Å². The average Bonchev–Trinajstić information content (AvgIpc) is 2.57. The molecule has 0 aliphatic carbocycles. The predicted octanol–water partition coefficient (Wildman–Crippen LogP) is 3.51. The molecule has 0 saturated carbocycles. The lowest BCUT2D eigenvalue weighted by atomic mass is 10.2. The fourth-order valence-corrected chi connectivity index (χ4v) is 1.67. The van der Waals surface area contributed by atoms with Gasteiger partial charge in [-0.15, -0.1) is 0 Å². The van der Waals surface area contributed by atoms with E-state index in [4.69, 9.17) is 0 Å². The minimum absolute atomic E-state index is 0.168. The van der Waals surface area contributed by atoms with E-state index in [1.165, 1.54) is 11.6 Å². The van der Waals surface area contributed by atoms with Crippen LogP contribution in [0.4, 0.5) is 13.2 Å². The Bertz CT molecular complexity index is 527. The van der Waals surface area contributed by atoms with Gasteiger partial charge in [-0.25, -0.2) is 4.68 Å². The fourth-order valence-electron chi connectivity index (χ4n) is 1.67. The molecule has 0 spiro atoms. The zero-order chi connectivity index (χ0) is 12.6. The molecule has 0 saturated heterocycles. The molecular weight excluding hydrogens is 229 g/mol. The third-order valence-corrected chi connectivity index (χ3v) is 2.68. The van der Waals surface area contributed by atoms with Crippen LogP contribution in [-0.4, -0.2) is 9.78 Å². The molecule has 1 heterocycles. The summed E-state index contributed by atoms with van der Waals surface area (Å²) in [6.45, 7) is 3.06. The van der Waals surface area contributed by atoms with Gasteiger partial charge in [0.05, 0.1) is 5.69 Å². The maximum absolute atomic E-state index is 12.7. The molecule has 0 unspecified atom stereocenters. The van der Waals surface area contributed by atoms with Gasteiger partial charge in [-0.3, -0.25) is 0 Å². The molecule has 0 N–H and O–H groups in total. The van der Waals surface area contributed by atoms with Crippen molar-refractivity contribution in [3.8, 4) is 5.69 Å². The van der Waals surface area contributed by atoms with E-state index in [1.54, 1.807) is 37.3 Å². The Morgan fingerprint density at radius 2 is 1.65 bits per heavy atom. The third kappa shape index (κ3) is 2.05. The van der Waals surface area contributed by atoms with E-state index in [-0.39, 0.29) is 5.56 Å². The minimum Gasteiger partial charge on any atom is -0.237 e. The van der Waals surface area contributed by atoms with Crippen LogP contribution >= 0.6 is 0 Å². The van der Waals surface area contributed by atoms with Crippen molar-refractivity contribution in [2.24, 2.45) is 0 Å². The van der Waals surface area contributed by atoms with Gasteiger partial charge in [0.25, 0.3) is 0 Å². The number of hydrogen-bond acceptors (Lipinski definition) is 1. The molecule has 0 bridgehead atoms. The Balaban J connectivity index is 2.59. The van der Waals surface area contributed by atoms with Crippen molar-refractivity contribution in [3.05, 3.63) is 47.3 Å². The van der Waals surface area contributed by atoms with Gasteiger partial charge in [0.15, 0.2) is 5.69 Å². The Morgan fingerprint density at radius 3 is 2.12 bits per heavy atom. The van der Waals surface area contributed by atoms with Crippen LogP contribution < -0.4 is 0 Å². The lowest BCUT2D eigenvalue weighted by Gasteiger charge is -2.03. The first-order valence-corrected chi connectivity index (χ1v) is 5.10. The van der Waals surface area contributed by atoms with E-state index in [1.807, 2.05) is 0 Å². The highest BCUT2D eigenvalue weighted by atomic mass is 19.4. The van der Waals surface area contributed by atoms with Crippen molar-refractivity contribution in [1.29, 1.82) is 0 Å². The largest absolute Gasteiger partial charge is 0.435 e. The summed E-state index contributed by atoms with van der Waals surface area (Å²) < 4.78 is 39.4. The molecule has 0 atom stereocenters. The predicted molar refractivity (Wildman–Crippen MR) is 58.0 cm³/mol. The summed E-state index contributed by atoms with van der Waals surface area (Å²) in [6, 6.07) is 8.77. The van der Waals surface area contributed by atoms with Gasteiger partial charge in [-0.2, -0.15) is 18.3 Å². The van der Waals surface area contributed by atoms with E-state index in [0.29, 0.717) is 11.4 Å². The molecule has 0 radical (unpaired) electrons. The Labute approximate surface area is 96.7 Å². The molecule has 0 amide bonds. The van der Waals surface area contributed by atoms with Gasteiger partial charge in [-0.05, 0) is 26.0 Å². The van der Waals surface area contributed by atoms with Crippen molar-refractivity contribution in [2.45, 2.75) is 20.0 Å². The molecule has 2 nitrogen and oxygen atoms in total. The van der Waals surface area contributed by atoms with Crippen molar-refractivity contribution in [1.82, 2.24) is 9.78 Å². The van der Waals surface area contributed by atoms with Crippen LogP contribution in [0.3, 0.4) is 0 Å². The summed E-state index contributed by atoms with van der Waals surface area (Å²) in [6.07, 6.45) is -4.41. The van der Waals surface area contributed by atoms with Gasteiger partial charge >= 0.3 is 6.18 Å².